The smallest absolute Gasteiger partial charge is 0.276 e. The average molecular weight is 535 g/mol. The summed E-state index contributed by atoms with van der Waals surface area (Å²) in [6.45, 7) is 1.77. The summed E-state index contributed by atoms with van der Waals surface area (Å²) in [5, 5.41) is 0. The van der Waals surface area contributed by atoms with Gasteiger partial charge in [-0.2, -0.15) is 13.2 Å². The number of anilines is 1. The molecule has 2 aromatic carbocycles. The van der Waals surface area contributed by atoms with Crippen molar-refractivity contribution >= 4 is 25.7 Å². The second-order valence-electron chi connectivity index (χ2n) is 8.26. The molecule has 0 unspecified atom stereocenters. The highest BCUT2D eigenvalue weighted by atomic mass is 32.2. The van der Waals surface area contributed by atoms with Gasteiger partial charge in [-0.05, 0) is 44.0 Å². The van der Waals surface area contributed by atoms with Crippen LogP contribution in [0.25, 0.3) is 0 Å². The van der Waals surface area contributed by atoms with Gasteiger partial charge in [0.05, 0.1) is 16.1 Å². The van der Waals surface area contributed by atoms with E-state index in [2.05, 4.69) is 0 Å². The van der Waals surface area contributed by atoms with E-state index >= 15 is 0 Å². The van der Waals surface area contributed by atoms with Gasteiger partial charge in [0, 0.05) is 23.9 Å². The van der Waals surface area contributed by atoms with Gasteiger partial charge in [-0.15, -0.1) is 0 Å². The van der Waals surface area contributed by atoms with Crippen molar-refractivity contribution in [3.8, 4) is 0 Å². The van der Waals surface area contributed by atoms with E-state index in [1.807, 2.05) is 0 Å². The van der Waals surface area contributed by atoms with Gasteiger partial charge in [-0.25, -0.2) is 29.6 Å². The number of sulfonamides is 1. The van der Waals surface area contributed by atoms with E-state index in [-0.39, 0.29) is 28.6 Å². The molecule has 0 amide bonds. The number of halogens is 5. The molecule has 1 heterocycles. The van der Waals surface area contributed by atoms with Crippen LogP contribution in [0.2, 0.25) is 0 Å². The SMILES string of the molecule is Cc1ccc(S(=O)(=O)n2cc(S(=O)(=O)Nc3cc(F)c(C(F)(F)F)cc3F)cc2C2CCC2)cc1. The molecule has 1 fully saturated rings. The lowest BCUT2D eigenvalue weighted by Crippen LogP contribution is -2.20. The van der Waals surface area contributed by atoms with E-state index in [0.717, 1.165) is 28.2 Å². The first-order valence-electron chi connectivity index (χ1n) is 10.3. The van der Waals surface area contributed by atoms with Gasteiger partial charge in [0.2, 0.25) is 0 Å². The Morgan fingerprint density at radius 1 is 0.914 bits per heavy atom. The maximum atomic E-state index is 14.2. The van der Waals surface area contributed by atoms with Crippen LogP contribution in [0.5, 0.6) is 0 Å². The van der Waals surface area contributed by atoms with E-state index in [1.165, 1.54) is 12.1 Å². The summed E-state index contributed by atoms with van der Waals surface area (Å²) < 4.78 is 121. The number of alkyl halides is 3. The molecule has 1 aliphatic rings. The largest absolute Gasteiger partial charge is 0.419 e. The molecule has 1 aromatic heterocycles. The quantitative estimate of drug-likeness (QED) is 0.430. The van der Waals surface area contributed by atoms with Crippen LogP contribution in [-0.2, 0) is 26.2 Å². The Balaban J connectivity index is 1.76. The second-order valence-corrected chi connectivity index (χ2v) is 11.8. The summed E-state index contributed by atoms with van der Waals surface area (Å²) in [6.07, 6.45) is -2.26. The van der Waals surface area contributed by atoms with Crippen molar-refractivity contribution in [3.05, 3.63) is 77.1 Å². The van der Waals surface area contributed by atoms with Crippen LogP contribution in [0.1, 0.15) is 42.0 Å². The third kappa shape index (κ3) is 4.79. The zero-order chi connectivity index (χ0) is 25.8. The van der Waals surface area contributed by atoms with Crippen LogP contribution in [0, 0.1) is 18.6 Å². The maximum Gasteiger partial charge on any atom is 0.419 e. The summed E-state index contributed by atoms with van der Waals surface area (Å²) in [4.78, 5) is -0.637. The van der Waals surface area contributed by atoms with Crippen LogP contribution >= 0.6 is 0 Å². The second kappa shape index (κ2) is 8.63. The molecule has 35 heavy (non-hydrogen) atoms. The van der Waals surface area contributed by atoms with Crippen molar-refractivity contribution < 1.29 is 38.8 Å². The van der Waals surface area contributed by atoms with Gasteiger partial charge in [-0.1, -0.05) is 24.1 Å². The van der Waals surface area contributed by atoms with E-state index in [1.54, 1.807) is 23.8 Å². The zero-order valence-electron chi connectivity index (χ0n) is 18.1. The lowest BCUT2D eigenvalue weighted by Gasteiger charge is -2.26. The molecule has 0 bridgehead atoms. The number of aryl methyl sites for hydroxylation is 1. The van der Waals surface area contributed by atoms with Gasteiger partial charge in [0.15, 0.2) is 0 Å². The van der Waals surface area contributed by atoms with Crippen molar-refractivity contribution in [2.24, 2.45) is 0 Å². The molecule has 0 radical (unpaired) electrons. The molecule has 3 aromatic rings. The molecule has 1 aliphatic carbocycles. The molecule has 13 heteroatoms. The van der Waals surface area contributed by atoms with Crippen molar-refractivity contribution in [3.63, 3.8) is 0 Å². The highest BCUT2D eigenvalue weighted by Gasteiger charge is 2.36. The number of rotatable bonds is 6. The molecule has 0 atom stereocenters. The fraction of sp³-hybridized carbons (Fsp3) is 0.273. The van der Waals surface area contributed by atoms with E-state index in [4.69, 9.17) is 0 Å². The third-order valence-corrected chi connectivity index (χ3v) is 8.84. The first-order valence-corrected chi connectivity index (χ1v) is 13.3. The molecule has 0 aliphatic heterocycles. The molecule has 6 nitrogen and oxygen atoms in total. The molecular formula is C22H19F5N2O4S2. The first kappa shape index (κ1) is 25.2. The van der Waals surface area contributed by atoms with Crippen LogP contribution in [0.4, 0.5) is 27.6 Å². The number of hydrogen-bond donors (Lipinski definition) is 1. The summed E-state index contributed by atoms with van der Waals surface area (Å²) in [7, 11) is -8.88. The Labute approximate surface area is 198 Å². The van der Waals surface area contributed by atoms with E-state index in [0.29, 0.717) is 12.8 Å². The summed E-state index contributed by atoms with van der Waals surface area (Å²) in [5.41, 5.74) is -1.92. The molecule has 4 rings (SSSR count). The van der Waals surface area contributed by atoms with E-state index in [9.17, 15) is 38.8 Å². The fourth-order valence-electron chi connectivity index (χ4n) is 3.66. The number of hydrogen-bond acceptors (Lipinski definition) is 4. The van der Waals surface area contributed by atoms with Crippen LogP contribution in [0.3, 0.4) is 0 Å². The molecule has 0 saturated heterocycles. The minimum absolute atomic E-state index is 0.0768. The monoisotopic (exact) mass is 534 g/mol. The van der Waals surface area contributed by atoms with Gasteiger partial charge < -0.3 is 0 Å². The fourth-order valence-corrected chi connectivity index (χ4v) is 6.25. The lowest BCUT2D eigenvalue weighted by atomic mass is 9.83. The Morgan fingerprint density at radius 2 is 1.54 bits per heavy atom. The van der Waals surface area contributed by atoms with Crippen molar-refractivity contribution in [2.75, 3.05) is 4.72 Å². The number of nitrogens with one attached hydrogen (secondary N) is 1. The molecule has 0 spiro atoms. The predicted octanol–water partition coefficient (Wildman–Crippen LogP) is 5.40. The number of benzene rings is 2. The minimum atomic E-state index is -5.18. The van der Waals surface area contributed by atoms with Crippen LogP contribution < -0.4 is 4.72 Å². The predicted molar refractivity (Wildman–Crippen MR) is 117 cm³/mol. The number of nitrogens with zero attached hydrogens (tertiary/aromatic N) is 1. The van der Waals surface area contributed by atoms with Crippen molar-refractivity contribution in [1.29, 1.82) is 0 Å². The molecule has 188 valence electrons. The Kier molecular flexibility index (Phi) is 6.20. The summed E-state index contributed by atoms with van der Waals surface area (Å²) >= 11 is 0. The number of aromatic nitrogens is 1. The zero-order valence-corrected chi connectivity index (χ0v) is 19.7. The van der Waals surface area contributed by atoms with Gasteiger partial charge in [0.25, 0.3) is 20.0 Å². The normalized spacial score (nSPS) is 15.1. The maximum absolute atomic E-state index is 14.2. The Morgan fingerprint density at radius 3 is 2.09 bits per heavy atom. The highest BCUT2D eigenvalue weighted by Crippen LogP contribution is 2.40. The molecule has 1 saturated carbocycles. The minimum Gasteiger partial charge on any atom is -0.276 e. The molecule has 1 N–H and O–H groups in total. The average Bonchev–Trinajstić information content (AvgIpc) is 3.15. The van der Waals surface area contributed by atoms with Gasteiger partial charge in [-0.3, -0.25) is 4.72 Å². The van der Waals surface area contributed by atoms with Crippen LogP contribution in [-0.4, -0.2) is 20.8 Å². The first-order chi connectivity index (χ1) is 16.2. The Bertz CT molecular complexity index is 1490. The summed E-state index contributed by atoms with van der Waals surface area (Å²) in [6, 6.07) is 6.98. The topological polar surface area (TPSA) is 85.2 Å². The van der Waals surface area contributed by atoms with Crippen molar-refractivity contribution in [1.82, 2.24) is 3.97 Å². The van der Waals surface area contributed by atoms with E-state index < -0.39 is 54.0 Å². The Hall–Kier alpha value is -2.93. The highest BCUT2D eigenvalue weighted by molar-refractivity contribution is 7.93. The summed E-state index contributed by atoms with van der Waals surface area (Å²) in [5.74, 6) is -3.75. The molecular weight excluding hydrogens is 515 g/mol. The standard InChI is InChI=1S/C22H19F5N2O4S2/c1-13-5-7-15(8-6-13)35(32,33)29-12-16(9-21(29)14-3-2-4-14)34(30,31)28-20-11-18(23)17(10-19(20)24)22(25,26)27/h5-12,14,28H,2-4H2,1H3. The van der Waals surface area contributed by atoms with Gasteiger partial charge >= 0.3 is 6.18 Å². The van der Waals surface area contributed by atoms with Crippen LogP contribution in [0.15, 0.2) is 58.5 Å². The van der Waals surface area contributed by atoms with Gasteiger partial charge in [0.1, 0.15) is 16.5 Å². The lowest BCUT2D eigenvalue weighted by molar-refractivity contribution is -0.140. The van der Waals surface area contributed by atoms with Crippen molar-refractivity contribution in [2.45, 2.75) is 48.1 Å². The third-order valence-electron chi connectivity index (χ3n) is 5.81.